The summed E-state index contributed by atoms with van der Waals surface area (Å²) in [4.78, 5) is 73.1. The van der Waals surface area contributed by atoms with Gasteiger partial charge in [0.25, 0.3) is 5.91 Å². The summed E-state index contributed by atoms with van der Waals surface area (Å²) in [6, 6.07) is 18.6. The third-order valence-corrected chi connectivity index (χ3v) is 6.41. The molecule has 0 unspecified atom stereocenters. The van der Waals surface area contributed by atoms with Gasteiger partial charge in [-0.15, -0.1) is 0 Å². The Morgan fingerprint density at radius 2 is 1.39 bits per heavy atom. The van der Waals surface area contributed by atoms with Gasteiger partial charge in [-0.1, -0.05) is 42.5 Å². The molecule has 0 aliphatic carbocycles. The van der Waals surface area contributed by atoms with Crippen LogP contribution in [0.15, 0.2) is 78.9 Å². The van der Waals surface area contributed by atoms with Crippen molar-refractivity contribution in [2.75, 3.05) is 12.4 Å². The lowest BCUT2D eigenvalue weighted by atomic mass is 10.0. The monoisotopic (exact) mass is 604 g/mol. The molecule has 3 aromatic carbocycles. The molecule has 0 aliphatic rings. The minimum atomic E-state index is -1.65. The van der Waals surface area contributed by atoms with E-state index < -0.39 is 54.1 Å². The molecule has 230 valence electrons. The summed E-state index contributed by atoms with van der Waals surface area (Å²) in [5, 5.41) is 28.2. The van der Waals surface area contributed by atoms with Gasteiger partial charge >= 0.3 is 17.8 Å². The second-order valence-electron chi connectivity index (χ2n) is 9.61. The van der Waals surface area contributed by atoms with Crippen LogP contribution in [0.4, 0.5) is 5.69 Å². The van der Waals surface area contributed by atoms with E-state index in [4.69, 9.17) is 9.84 Å². The van der Waals surface area contributed by atoms with Gasteiger partial charge in [-0.3, -0.25) is 24.0 Å². The third-order valence-electron chi connectivity index (χ3n) is 6.41. The summed E-state index contributed by atoms with van der Waals surface area (Å²) < 4.78 is 5.12. The van der Waals surface area contributed by atoms with Gasteiger partial charge in [0.2, 0.25) is 11.8 Å². The van der Waals surface area contributed by atoms with Crippen molar-refractivity contribution in [1.29, 1.82) is 0 Å². The minimum Gasteiger partial charge on any atom is -0.497 e. The van der Waals surface area contributed by atoms with E-state index in [2.05, 4.69) is 21.3 Å². The molecule has 44 heavy (non-hydrogen) atoms. The topological polar surface area (TPSA) is 200 Å². The molecule has 4 amide bonds. The maximum atomic E-state index is 13.5. The Balaban J connectivity index is 1.77. The average Bonchev–Trinajstić information content (AvgIpc) is 3.02. The second-order valence-corrected chi connectivity index (χ2v) is 9.61. The van der Waals surface area contributed by atoms with Crippen molar-refractivity contribution in [3.8, 4) is 5.75 Å². The molecule has 0 spiro atoms. The lowest BCUT2D eigenvalue weighted by molar-refractivity contribution is -0.147. The Labute approximate surface area is 252 Å². The first kappa shape index (κ1) is 32.8. The fraction of sp³-hybridized carbons (Fsp3) is 0.226. The number of carbonyl (C=O) groups excluding carboxylic acids is 4. The Morgan fingerprint density at radius 1 is 0.750 bits per heavy atom. The maximum Gasteiger partial charge on any atom is 0.394 e. The molecule has 2 atom stereocenters. The van der Waals surface area contributed by atoms with Crippen LogP contribution in [0.25, 0.3) is 0 Å². The quantitative estimate of drug-likeness (QED) is 0.148. The van der Waals surface area contributed by atoms with E-state index in [1.807, 2.05) is 0 Å². The number of carboxylic acids is 2. The van der Waals surface area contributed by atoms with Crippen molar-refractivity contribution in [3.05, 3.63) is 95.6 Å². The summed E-state index contributed by atoms with van der Waals surface area (Å²) in [5.41, 5.74) is 1.78. The molecule has 0 radical (unpaired) electrons. The number of methoxy groups -OCH3 is 1. The number of hydrogen-bond acceptors (Lipinski definition) is 7. The van der Waals surface area contributed by atoms with E-state index in [-0.39, 0.29) is 30.6 Å². The number of hydrogen-bond donors (Lipinski definition) is 6. The van der Waals surface area contributed by atoms with E-state index in [9.17, 15) is 33.9 Å². The smallest absolute Gasteiger partial charge is 0.394 e. The Hall–Kier alpha value is -5.72. The zero-order valence-electron chi connectivity index (χ0n) is 23.7. The van der Waals surface area contributed by atoms with E-state index in [1.165, 1.54) is 31.4 Å². The number of nitrogens with one attached hydrogen (secondary N) is 4. The normalized spacial score (nSPS) is 11.8. The predicted molar refractivity (Wildman–Crippen MR) is 158 cm³/mol. The van der Waals surface area contributed by atoms with Gasteiger partial charge in [-0.05, 0) is 53.9 Å². The average molecular weight is 605 g/mol. The van der Waals surface area contributed by atoms with E-state index in [1.54, 1.807) is 54.6 Å². The molecule has 0 aromatic heterocycles. The van der Waals surface area contributed by atoms with Gasteiger partial charge < -0.3 is 36.2 Å². The largest absolute Gasteiger partial charge is 0.497 e. The van der Waals surface area contributed by atoms with Crippen LogP contribution in [0.3, 0.4) is 0 Å². The van der Waals surface area contributed by atoms with Gasteiger partial charge in [0.1, 0.15) is 17.8 Å². The van der Waals surface area contributed by atoms with Crippen molar-refractivity contribution in [2.45, 2.75) is 37.9 Å². The predicted octanol–water partition coefficient (Wildman–Crippen LogP) is 1.73. The van der Waals surface area contributed by atoms with Gasteiger partial charge in [-0.2, -0.15) is 0 Å². The van der Waals surface area contributed by atoms with Gasteiger partial charge in [0, 0.05) is 30.6 Å². The molecular weight excluding hydrogens is 572 g/mol. The second kappa shape index (κ2) is 16.1. The molecule has 0 saturated carbocycles. The standard InChI is InChI=1S/C31H32N4O9/c1-44-23-13-9-20(10-14-23)18-32-28(39)24(15-16-26(36)37)34-29(40)25(35-27(38)21-5-3-2-4-6-21)17-19-7-11-22(12-8-19)33-30(41)31(42)43/h2-14,24-25H,15-18H2,1H3,(H,32,39)(H,33,41)(H,34,40)(H,35,38)(H,36,37)(H,42,43)/t24-,25-/m0/s1. The zero-order valence-corrected chi connectivity index (χ0v) is 23.7. The maximum absolute atomic E-state index is 13.5. The van der Waals surface area contributed by atoms with Crippen LogP contribution in [0.2, 0.25) is 0 Å². The molecule has 0 heterocycles. The Bertz CT molecular complexity index is 1480. The highest BCUT2D eigenvalue weighted by Gasteiger charge is 2.28. The van der Waals surface area contributed by atoms with Crippen molar-refractivity contribution in [2.24, 2.45) is 0 Å². The van der Waals surface area contributed by atoms with Gasteiger partial charge in [0.15, 0.2) is 0 Å². The number of carbonyl (C=O) groups is 6. The number of benzene rings is 3. The molecule has 3 aromatic rings. The number of aliphatic carboxylic acids is 2. The summed E-state index contributed by atoms with van der Waals surface area (Å²) in [5.74, 6) is -5.29. The van der Waals surface area contributed by atoms with E-state index in [0.717, 1.165) is 5.56 Å². The fourth-order valence-electron chi connectivity index (χ4n) is 4.05. The lowest BCUT2D eigenvalue weighted by Gasteiger charge is -2.23. The molecule has 0 fully saturated rings. The van der Waals surface area contributed by atoms with Crippen LogP contribution < -0.4 is 26.0 Å². The molecule has 0 saturated heterocycles. The summed E-state index contributed by atoms with van der Waals surface area (Å²) in [7, 11) is 1.53. The third kappa shape index (κ3) is 10.3. The van der Waals surface area contributed by atoms with Crippen LogP contribution >= 0.6 is 0 Å². The van der Waals surface area contributed by atoms with Crippen LogP contribution in [-0.4, -0.2) is 65.0 Å². The van der Waals surface area contributed by atoms with Crippen molar-refractivity contribution in [1.82, 2.24) is 16.0 Å². The van der Waals surface area contributed by atoms with Crippen LogP contribution in [0, 0.1) is 0 Å². The van der Waals surface area contributed by atoms with Crippen molar-refractivity contribution in [3.63, 3.8) is 0 Å². The Morgan fingerprint density at radius 3 is 1.98 bits per heavy atom. The van der Waals surface area contributed by atoms with Crippen LogP contribution in [0.5, 0.6) is 5.75 Å². The van der Waals surface area contributed by atoms with Gasteiger partial charge in [-0.25, -0.2) is 4.79 Å². The Kier molecular flexibility index (Phi) is 12.0. The van der Waals surface area contributed by atoms with Crippen molar-refractivity contribution < 1.29 is 43.7 Å². The van der Waals surface area contributed by atoms with Crippen molar-refractivity contribution >= 4 is 41.3 Å². The minimum absolute atomic E-state index is 0.0450. The number of amides is 4. The number of carboxylic acid groups (broad SMARTS) is 2. The molecule has 13 nitrogen and oxygen atoms in total. The number of anilines is 1. The first-order chi connectivity index (χ1) is 21.0. The summed E-state index contributed by atoms with van der Waals surface area (Å²) >= 11 is 0. The first-order valence-electron chi connectivity index (χ1n) is 13.5. The van der Waals surface area contributed by atoms with E-state index >= 15 is 0 Å². The van der Waals surface area contributed by atoms with Gasteiger partial charge in [0.05, 0.1) is 7.11 Å². The fourth-order valence-corrected chi connectivity index (χ4v) is 4.05. The molecule has 6 N–H and O–H groups in total. The highest BCUT2D eigenvalue weighted by atomic mass is 16.5. The van der Waals surface area contributed by atoms with E-state index in [0.29, 0.717) is 11.3 Å². The highest BCUT2D eigenvalue weighted by molar-refractivity contribution is 6.36. The number of ether oxygens (including phenoxy) is 1. The lowest BCUT2D eigenvalue weighted by Crippen LogP contribution is -2.54. The summed E-state index contributed by atoms with van der Waals surface area (Å²) in [6.45, 7) is 0.112. The molecular formula is C31H32N4O9. The SMILES string of the molecule is COc1ccc(CNC(=O)[C@H](CCC(=O)O)NC(=O)[C@H](Cc2ccc(NC(=O)C(=O)O)cc2)NC(=O)c2ccccc2)cc1. The zero-order chi connectivity index (χ0) is 32.1. The molecule has 0 aliphatic heterocycles. The number of rotatable bonds is 14. The molecule has 13 heteroatoms. The molecule has 3 rings (SSSR count). The molecule has 0 bridgehead atoms. The van der Waals surface area contributed by atoms with Crippen LogP contribution in [0.1, 0.15) is 34.3 Å². The highest BCUT2D eigenvalue weighted by Crippen LogP contribution is 2.14. The first-order valence-corrected chi connectivity index (χ1v) is 13.5. The summed E-state index contributed by atoms with van der Waals surface area (Å²) in [6.07, 6.45) is -0.644. The van der Waals surface area contributed by atoms with Crippen LogP contribution in [-0.2, 0) is 36.9 Å².